The number of hydrogen-bond donors (Lipinski definition) is 2. The van der Waals surface area contributed by atoms with Gasteiger partial charge in [-0.25, -0.2) is 13.1 Å². The first-order valence-electron chi connectivity index (χ1n) is 7.27. The molecule has 0 amide bonds. The SMILES string of the molecule is Cc1cc([N+](=O)[O-])ccc1S(=O)(=O)NCC1(N)CCCCC1.Cl. The summed E-state index contributed by atoms with van der Waals surface area (Å²) >= 11 is 0. The minimum atomic E-state index is -3.72. The van der Waals surface area contributed by atoms with Crippen molar-refractivity contribution in [2.75, 3.05) is 6.54 Å². The molecule has 0 unspecified atom stereocenters. The maximum atomic E-state index is 12.4. The number of nitrogens with one attached hydrogen (secondary N) is 1. The summed E-state index contributed by atoms with van der Waals surface area (Å²) in [4.78, 5) is 10.2. The van der Waals surface area contributed by atoms with Gasteiger partial charge in [0.15, 0.2) is 0 Å². The molecule has 2 rings (SSSR count). The highest BCUT2D eigenvalue weighted by molar-refractivity contribution is 7.89. The van der Waals surface area contributed by atoms with Gasteiger partial charge in [-0.2, -0.15) is 0 Å². The summed E-state index contributed by atoms with van der Waals surface area (Å²) in [6.45, 7) is 1.73. The molecule has 130 valence electrons. The maximum absolute atomic E-state index is 12.4. The Labute approximate surface area is 142 Å². The van der Waals surface area contributed by atoms with Crippen molar-refractivity contribution in [2.45, 2.75) is 49.5 Å². The van der Waals surface area contributed by atoms with Crippen LogP contribution in [0.5, 0.6) is 0 Å². The van der Waals surface area contributed by atoms with E-state index in [0.717, 1.165) is 32.1 Å². The summed E-state index contributed by atoms with van der Waals surface area (Å²) in [6, 6.07) is 3.72. The highest BCUT2D eigenvalue weighted by atomic mass is 35.5. The van der Waals surface area contributed by atoms with Crippen LogP contribution in [0.3, 0.4) is 0 Å². The monoisotopic (exact) mass is 363 g/mol. The number of nitro benzene ring substituents is 1. The number of hydrogen-bond acceptors (Lipinski definition) is 5. The summed E-state index contributed by atoms with van der Waals surface area (Å²) in [5.41, 5.74) is 5.95. The summed E-state index contributed by atoms with van der Waals surface area (Å²) in [6.07, 6.45) is 4.75. The van der Waals surface area contributed by atoms with Crippen LogP contribution >= 0.6 is 12.4 Å². The number of non-ortho nitro benzene ring substituents is 1. The molecule has 0 heterocycles. The molecule has 1 saturated carbocycles. The number of benzene rings is 1. The van der Waals surface area contributed by atoms with Crippen LogP contribution in [0.1, 0.15) is 37.7 Å². The van der Waals surface area contributed by atoms with Crippen molar-refractivity contribution >= 4 is 28.1 Å². The van der Waals surface area contributed by atoms with E-state index >= 15 is 0 Å². The quantitative estimate of drug-likeness (QED) is 0.615. The lowest BCUT2D eigenvalue weighted by Gasteiger charge is -2.33. The minimum absolute atomic E-state index is 0. The predicted molar refractivity (Wildman–Crippen MR) is 90.3 cm³/mol. The van der Waals surface area contributed by atoms with Gasteiger partial charge in [-0.05, 0) is 31.4 Å². The molecule has 3 N–H and O–H groups in total. The number of rotatable bonds is 5. The van der Waals surface area contributed by atoms with E-state index < -0.39 is 20.5 Å². The summed E-state index contributed by atoms with van der Waals surface area (Å²) in [5, 5.41) is 10.7. The Bertz CT molecular complexity index is 673. The number of nitrogens with zero attached hydrogens (tertiary/aromatic N) is 1. The molecule has 9 heteroatoms. The molecule has 0 spiro atoms. The predicted octanol–water partition coefficient (Wildman–Crippen LogP) is 2.26. The van der Waals surface area contributed by atoms with E-state index in [1.807, 2.05) is 0 Å². The van der Waals surface area contributed by atoms with Crippen molar-refractivity contribution < 1.29 is 13.3 Å². The third-order valence-corrected chi connectivity index (χ3v) is 5.68. The lowest BCUT2D eigenvalue weighted by Crippen LogP contribution is -2.51. The lowest BCUT2D eigenvalue weighted by molar-refractivity contribution is -0.385. The van der Waals surface area contributed by atoms with Gasteiger partial charge in [-0.1, -0.05) is 19.3 Å². The lowest BCUT2D eigenvalue weighted by atomic mass is 9.83. The molecule has 1 aromatic carbocycles. The number of sulfonamides is 1. The Morgan fingerprint density at radius 2 is 1.91 bits per heavy atom. The van der Waals surface area contributed by atoms with Gasteiger partial charge < -0.3 is 5.73 Å². The molecule has 0 aliphatic heterocycles. The van der Waals surface area contributed by atoms with Gasteiger partial charge in [0.2, 0.25) is 10.0 Å². The molecule has 1 aromatic rings. The van der Waals surface area contributed by atoms with E-state index in [0.29, 0.717) is 5.56 Å². The fraction of sp³-hybridized carbons (Fsp3) is 0.571. The van der Waals surface area contributed by atoms with Gasteiger partial charge in [-0.15, -0.1) is 12.4 Å². The Morgan fingerprint density at radius 3 is 2.43 bits per heavy atom. The largest absolute Gasteiger partial charge is 0.324 e. The van der Waals surface area contributed by atoms with Crippen LogP contribution in [0.15, 0.2) is 23.1 Å². The van der Waals surface area contributed by atoms with Crippen LogP contribution in [0.2, 0.25) is 0 Å². The molecule has 1 aliphatic carbocycles. The average molecular weight is 364 g/mol. The molecule has 1 fully saturated rings. The second-order valence-corrected chi connectivity index (χ2v) is 7.69. The van der Waals surface area contributed by atoms with E-state index in [1.165, 1.54) is 18.2 Å². The van der Waals surface area contributed by atoms with Crippen molar-refractivity contribution in [3.8, 4) is 0 Å². The smallest absolute Gasteiger partial charge is 0.269 e. The van der Waals surface area contributed by atoms with Gasteiger partial charge in [-0.3, -0.25) is 10.1 Å². The fourth-order valence-corrected chi connectivity index (χ4v) is 4.16. The van der Waals surface area contributed by atoms with Gasteiger partial charge >= 0.3 is 0 Å². The molecule has 0 bridgehead atoms. The molecule has 0 atom stereocenters. The molecule has 7 nitrogen and oxygen atoms in total. The van der Waals surface area contributed by atoms with Crippen molar-refractivity contribution in [1.29, 1.82) is 0 Å². The zero-order valence-electron chi connectivity index (χ0n) is 12.9. The number of nitrogens with two attached hydrogens (primary N) is 1. The van der Waals surface area contributed by atoms with E-state index in [2.05, 4.69) is 4.72 Å². The first-order valence-corrected chi connectivity index (χ1v) is 8.75. The van der Waals surface area contributed by atoms with Crippen LogP contribution < -0.4 is 10.5 Å². The van der Waals surface area contributed by atoms with E-state index in [-0.39, 0.29) is 29.5 Å². The third kappa shape index (κ3) is 4.87. The first kappa shape index (κ1) is 19.8. The van der Waals surface area contributed by atoms with Crippen LogP contribution in [-0.2, 0) is 10.0 Å². The van der Waals surface area contributed by atoms with E-state index in [4.69, 9.17) is 5.73 Å². The number of nitro groups is 1. The fourth-order valence-electron chi connectivity index (χ4n) is 2.80. The highest BCUT2D eigenvalue weighted by Gasteiger charge is 2.30. The van der Waals surface area contributed by atoms with Crippen LogP contribution in [0, 0.1) is 17.0 Å². The standard InChI is InChI=1S/C14H21N3O4S.ClH/c1-11-9-12(17(18)19)5-6-13(11)22(20,21)16-10-14(15)7-3-2-4-8-14;/h5-6,9,16H,2-4,7-8,10,15H2,1H3;1H. The molecule has 0 radical (unpaired) electrons. The molecular formula is C14H22ClN3O4S. The normalized spacial score (nSPS) is 17.3. The van der Waals surface area contributed by atoms with Crippen LogP contribution in [0.25, 0.3) is 0 Å². The van der Waals surface area contributed by atoms with Gasteiger partial charge in [0.25, 0.3) is 5.69 Å². The summed E-state index contributed by atoms with van der Waals surface area (Å²) < 4.78 is 27.3. The molecule has 0 saturated heterocycles. The first-order chi connectivity index (χ1) is 10.2. The van der Waals surface area contributed by atoms with Gasteiger partial charge in [0.05, 0.1) is 9.82 Å². The Kier molecular flexibility index (Phi) is 6.52. The van der Waals surface area contributed by atoms with Crippen molar-refractivity contribution in [2.24, 2.45) is 5.73 Å². The highest BCUT2D eigenvalue weighted by Crippen LogP contribution is 2.26. The van der Waals surface area contributed by atoms with Gasteiger partial charge in [0.1, 0.15) is 0 Å². The van der Waals surface area contributed by atoms with Gasteiger partial charge in [0, 0.05) is 24.2 Å². The third-order valence-electron chi connectivity index (χ3n) is 4.12. The summed E-state index contributed by atoms with van der Waals surface area (Å²) in [5.74, 6) is 0. The number of halogens is 1. The van der Waals surface area contributed by atoms with E-state index in [1.54, 1.807) is 6.92 Å². The minimum Gasteiger partial charge on any atom is -0.324 e. The number of aryl methyl sites for hydroxylation is 1. The zero-order valence-corrected chi connectivity index (χ0v) is 14.6. The topological polar surface area (TPSA) is 115 Å². The van der Waals surface area contributed by atoms with Crippen molar-refractivity contribution in [1.82, 2.24) is 4.72 Å². The Hall–Kier alpha value is -1.22. The molecular weight excluding hydrogens is 342 g/mol. The molecule has 23 heavy (non-hydrogen) atoms. The van der Waals surface area contributed by atoms with Crippen molar-refractivity contribution in [3.05, 3.63) is 33.9 Å². The van der Waals surface area contributed by atoms with E-state index in [9.17, 15) is 18.5 Å². The second kappa shape index (κ2) is 7.57. The average Bonchev–Trinajstić information content (AvgIpc) is 2.46. The zero-order chi connectivity index (χ0) is 16.4. The Morgan fingerprint density at radius 1 is 1.30 bits per heavy atom. The summed E-state index contributed by atoms with van der Waals surface area (Å²) in [7, 11) is -3.72. The van der Waals surface area contributed by atoms with Crippen LogP contribution in [0.4, 0.5) is 5.69 Å². The maximum Gasteiger partial charge on any atom is 0.269 e. The Balaban J connectivity index is 0.00000264. The molecule has 0 aromatic heterocycles. The van der Waals surface area contributed by atoms with Crippen molar-refractivity contribution in [3.63, 3.8) is 0 Å². The van der Waals surface area contributed by atoms with Crippen LogP contribution in [-0.4, -0.2) is 25.4 Å². The second-order valence-electron chi connectivity index (χ2n) is 5.95. The molecule has 1 aliphatic rings.